The number of amides is 3. The number of carbonyl (C=O) groups excluding carboxylic acids is 3. The third-order valence-electron chi connectivity index (χ3n) is 6.41. The van der Waals surface area contributed by atoms with Gasteiger partial charge in [0.25, 0.3) is 0 Å². The number of nitrogens with zero attached hydrogens (tertiary/aromatic N) is 2. The maximum atomic E-state index is 12.8. The zero-order chi connectivity index (χ0) is 15.7. The summed E-state index contributed by atoms with van der Waals surface area (Å²) in [5.74, 6) is 0.829. The first kappa shape index (κ1) is 13.7. The van der Waals surface area contributed by atoms with Gasteiger partial charge in [0.05, 0.1) is 25.0 Å². The normalized spacial score (nSPS) is 43.7. The van der Waals surface area contributed by atoms with Crippen LogP contribution in [0.2, 0.25) is 0 Å². The Morgan fingerprint density at radius 1 is 1.04 bits per heavy atom. The van der Waals surface area contributed by atoms with Gasteiger partial charge in [-0.15, -0.1) is 0 Å². The third kappa shape index (κ3) is 1.81. The summed E-state index contributed by atoms with van der Waals surface area (Å²) < 4.78 is 5.24. The molecule has 0 aromatic heterocycles. The van der Waals surface area contributed by atoms with E-state index in [1.54, 1.807) is 4.90 Å². The zero-order valence-electron chi connectivity index (χ0n) is 12.9. The van der Waals surface area contributed by atoms with E-state index in [1.807, 2.05) is 0 Å². The molecule has 6 heteroatoms. The van der Waals surface area contributed by atoms with Crippen LogP contribution in [0.5, 0.6) is 0 Å². The molecule has 2 bridgehead atoms. The molecule has 4 aliphatic carbocycles. The van der Waals surface area contributed by atoms with Gasteiger partial charge in [-0.3, -0.25) is 19.3 Å². The molecule has 0 aromatic carbocycles. The summed E-state index contributed by atoms with van der Waals surface area (Å²) in [6.45, 7) is 2.03. The molecule has 0 spiro atoms. The lowest BCUT2D eigenvalue weighted by atomic mass is 9.63. The van der Waals surface area contributed by atoms with Crippen molar-refractivity contribution in [2.75, 3.05) is 32.8 Å². The number of hydrogen-bond acceptors (Lipinski definition) is 4. The number of likely N-dealkylation sites (tertiary alicyclic amines) is 1. The van der Waals surface area contributed by atoms with Gasteiger partial charge in [-0.25, -0.2) is 0 Å². The summed E-state index contributed by atoms with van der Waals surface area (Å²) in [7, 11) is 0. The second kappa shape index (κ2) is 4.66. The number of morpholine rings is 1. The van der Waals surface area contributed by atoms with E-state index in [1.165, 1.54) is 4.90 Å². The second-order valence-electron chi connectivity index (χ2n) is 7.41. The van der Waals surface area contributed by atoms with E-state index < -0.39 is 0 Å². The highest BCUT2D eigenvalue weighted by Crippen LogP contribution is 2.65. The molecule has 0 unspecified atom stereocenters. The highest BCUT2D eigenvalue weighted by Gasteiger charge is 2.67. The Kier molecular flexibility index (Phi) is 2.78. The topological polar surface area (TPSA) is 66.9 Å². The summed E-state index contributed by atoms with van der Waals surface area (Å²) in [5, 5.41) is 0. The first-order chi connectivity index (χ1) is 11.2. The van der Waals surface area contributed by atoms with E-state index in [4.69, 9.17) is 4.74 Å². The minimum atomic E-state index is -0.210. The standard InChI is InChI=1S/C17H20N2O4/c20-13(18-3-5-23-6-4-18)8-19-16(21)14-9-1-2-10(12-7-11(9)12)15(14)17(19)22/h1-2,9-12,14-15H,3-8H2/t9-,10-,11-,12-,14-,15+/m0/s1. The van der Waals surface area contributed by atoms with Crippen LogP contribution in [-0.2, 0) is 19.1 Å². The monoisotopic (exact) mass is 316 g/mol. The summed E-state index contributed by atoms with van der Waals surface area (Å²) >= 11 is 0. The lowest BCUT2D eigenvalue weighted by Gasteiger charge is -2.37. The Morgan fingerprint density at radius 3 is 2.17 bits per heavy atom. The third-order valence-corrected chi connectivity index (χ3v) is 6.41. The number of hydrogen-bond donors (Lipinski definition) is 0. The van der Waals surface area contributed by atoms with E-state index in [0.717, 1.165) is 6.42 Å². The molecular weight excluding hydrogens is 296 g/mol. The molecule has 23 heavy (non-hydrogen) atoms. The van der Waals surface area contributed by atoms with Crippen molar-refractivity contribution in [2.24, 2.45) is 35.5 Å². The number of imide groups is 1. The molecule has 2 saturated heterocycles. The maximum absolute atomic E-state index is 12.8. The fourth-order valence-electron chi connectivity index (χ4n) is 5.22. The van der Waals surface area contributed by atoms with Gasteiger partial charge in [-0.2, -0.15) is 0 Å². The van der Waals surface area contributed by atoms with Gasteiger partial charge in [0.2, 0.25) is 17.7 Å². The lowest BCUT2D eigenvalue weighted by molar-refractivity contribution is -0.148. The molecule has 3 amide bonds. The van der Waals surface area contributed by atoms with Gasteiger partial charge in [0.1, 0.15) is 6.54 Å². The molecule has 4 fully saturated rings. The number of allylic oxidation sites excluding steroid dienone is 2. The van der Waals surface area contributed by atoms with E-state index >= 15 is 0 Å². The van der Waals surface area contributed by atoms with Crippen molar-refractivity contribution in [2.45, 2.75) is 6.42 Å². The van der Waals surface area contributed by atoms with E-state index in [9.17, 15) is 14.4 Å². The van der Waals surface area contributed by atoms with Crippen LogP contribution in [0.3, 0.4) is 0 Å². The molecule has 0 N–H and O–H groups in total. The Morgan fingerprint density at radius 2 is 1.61 bits per heavy atom. The number of rotatable bonds is 2. The van der Waals surface area contributed by atoms with Crippen LogP contribution in [0, 0.1) is 35.5 Å². The number of carbonyl (C=O) groups is 3. The molecule has 0 radical (unpaired) electrons. The van der Waals surface area contributed by atoms with Crippen molar-refractivity contribution in [3.63, 3.8) is 0 Å². The number of ether oxygens (including phenoxy) is 1. The predicted molar refractivity (Wildman–Crippen MR) is 78.8 cm³/mol. The Bertz CT molecular complexity index is 588. The molecule has 0 aromatic rings. The van der Waals surface area contributed by atoms with Gasteiger partial charge in [-0.1, -0.05) is 12.2 Å². The van der Waals surface area contributed by atoms with Crippen LogP contribution in [0.15, 0.2) is 12.2 Å². The fourth-order valence-corrected chi connectivity index (χ4v) is 5.22. The van der Waals surface area contributed by atoms with Crippen LogP contribution >= 0.6 is 0 Å². The molecular formula is C17H20N2O4. The van der Waals surface area contributed by atoms with Crippen molar-refractivity contribution < 1.29 is 19.1 Å². The van der Waals surface area contributed by atoms with Crippen molar-refractivity contribution in [3.05, 3.63) is 12.2 Å². The summed E-state index contributed by atoms with van der Waals surface area (Å²) in [6.07, 6.45) is 5.46. The molecule has 2 saturated carbocycles. The maximum Gasteiger partial charge on any atom is 0.242 e. The average molecular weight is 316 g/mol. The highest BCUT2D eigenvalue weighted by atomic mass is 16.5. The van der Waals surface area contributed by atoms with E-state index in [-0.39, 0.29) is 47.9 Å². The second-order valence-corrected chi connectivity index (χ2v) is 7.41. The van der Waals surface area contributed by atoms with E-state index in [2.05, 4.69) is 12.2 Å². The minimum absolute atomic E-state index is 0.0978. The summed E-state index contributed by atoms with van der Waals surface area (Å²) in [4.78, 5) is 40.9. The van der Waals surface area contributed by atoms with Crippen LogP contribution in [0.25, 0.3) is 0 Å². The lowest BCUT2D eigenvalue weighted by Crippen LogP contribution is -2.47. The molecule has 6 atom stereocenters. The first-order valence-electron chi connectivity index (χ1n) is 8.56. The van der Waals surface area contributed by atoms with Gasteiger partial charge < -0.3 is 9.64 Å². The van der Waals surface area contributed by atoms with Gasteiger partial charge in [0.15, 0.2) is 0 Å². The van der Waals surface area contributed by atoms with Gasteiger partial charge >= 0.3 is 0 Å². The van der Waals surface area contributed by atoms with E-state index in [0.29, 0.717) is 38.1 Å². The quantitative estimate of drug-likeness (QED) is 0.527. The molecule has 6 nitrogen and oxygen atoms in total. The molecule has 6 aliphatic rings. The Labute approximate surface area is 134 Å². The summed E-state index contributed by atoms with van der Waals surface area (Å²) in [5.41, 5.74) is 0. The molecule has 2 aliphatic heterocycles. The van der Waals surface area contributed by atoms with Crippen molar-refractivity contribution in [1.82, 2.24) is 9.80 Å². The zero-order valence-corrected chi connectivity index (χ0v) is 12.9. The van der Waals surface area contributed by atoms with Gasteiger partial charge in [-0.05, 0) is 30.1 Å². The van der Waals surface area contributed by atoms with Crippen LogP contribution in [0.4, 0.5) is 0 Å². The van der Waals surface area contributed by atoms with Crippen LogP contribution in [-0.4, -0.2) is 60.4 Å². The predicted octanol–water partition coefficient (Wildman–Crippen LogP) is -0.102. The van der Waals surface area contributed by atoms with Crippen LogP contribution in [0.1, 0.15) is 6.42 Å². The van der Waals surface area contributed by atoms with Crippen LogP contribution < -0.4 is 0 Å². The average Bonchev–Trinajstić information content (AvgIpc) is 3.37. The Balaban J connectivity index is 1.36. The smallest absolute Gasteiger partial charge is 0.242 e. The van der Waals surface area contributed by atoms with Crippen molar-refractivity contribution in [3.8, 4) is 0 Å². The first-order valence-corrected chi connectivity index (χ1v) is 8.56. The van der Waals surface area contributed by atoms with Crippen molar-refractivity contribution in [1.29, 1.82) is 0 Å². The summed E-state index contributed by atoms with van der Waals surface area (Å²) in [6, 6.07) is 0. The highest BCUT2D eigenvalue weighted by molar-refractivity contribution is 6.08. The molecule has 6 rings (SSSR count). The Hall–Kier alpha value is -1.69. The molecule has 2 heterocycles. The molecule has 122 valence electrons. The van der Waals surface area contributed by atoms with Crippen molar-refractivity contribution >= 4 is 17.7 Å². The fraction of sp³-hybridized carbons (Fsp3) is 0.706. The largest absolute Gasteiger partial charge is 0.378 e. The SMILES string of the molecule is O=C(CN1C(=O)[C@@H]2[C@H]3C=C[C@@H]([C@@H]4C[C@@H]34)[C@@H]2C1=O)N1CCOCC1. The minimum Gasteiger partial charge on any atom is -0.378 e. The van der Waals surface area contributed by atoms with Gasteiger partial charge in [0, 0.05) is 13.1 Å².